The molecule has 6 heteroatoms. The number of amides is 1. The van der Waals surface area contributed by atoms with E-state index < -0.39 is 0 Å². The van der Waals surface area contributed by atoms with E-state index in [-0.39, 0.29) is 5.91 Å². The molecule has 0 saturated heterocycles. The average Bonchev–Trinajstić information content (AvgIpc) is 3.17. The molecule has 2 aromatic carbocycles. The number of aryl methyl sites for hydroxylation is 1. The summed E-state index contributed by atoms with van der Waals surface area (Å²) in [6.45, 7) is 7.03. The third-order valence-electron chi connectivity index (χ3n) is 4.69. The van der Waals surface area contributed by atoms with Gasteiger partial charge in [0.05, 0.1) is 0 Å². The highest BCUT2D eigenvalue weighted by atomic mass is 32.2. The van der Waals surface area contributed by atoms with Gasteiger partial charge in [-0.2, -0.15) is 0 Å². The first kappa shape index (κ1) is 22.1. The first-order valence-corrected chi connectivity index (χ1v) is 11.5. The minimum absolute atomic E-state index is 0.142. The molecule has 0 spiro atoms. The number of carbonyl (C=O) groups is 1. The van der Waals surface area contributed by atoms with E-state index in [1.165, 1.54) is 5.56 Å². The van der Waals surface area contributed by atoms with E-state index in [4.69, 9.17) is 0 Å². The summed E-state index contributed by atoms with van der Waals surface area (Å²) in [4.78, 5) is 11.9. The number of hydrogen-bond donors (Lipinski definition) is 1. The van der Waals surface area contributed by atoms with Crippen molar-refractivity contribution in [1.29, 1.82) is 0 Å². The molecule has 30 heavy (non-hydrogen) atoms. The van der Waals surface area contributed by atoms with E-state index >= 15 is 0 Å². The molecule has 0 aliphatic carbocycles. The van der Waals surface area contributed by atoms with E-state index in [0.717, 1.165) is 47.4 Å². The molecule has 3 rings (SSSR count). The molecule has 1 amide bonds. The van der Waals surface area contributed by atoms with Crippen LogP contribution in [-0.4, -0.2) is 33.0 Å². The molecule has 158 valence electrons. The number of nitrogens with one attached hydrogen (secondary N) is 1. The number of thioether (sulfide) groups is 1. The van der Waals surface area contributed by atoms with Crippen LogP contribution in [0.4, 0.5) is 0 Å². The van der Waals surface area contributed by atoms with Crippen LogP contribution in [0, 0.1) is 12.8 Å². The van der Waals surface area contributed by atoms with Crippen LogP contribution in [0.5, 0.6) is 0 Å². The van der Waals surface area contributed by atoms with Gasteiger partial charge in [0, 0.05) is 30.0 Å². The normalized spacial score (nSPS) is 11.1. The summed E-state index contributed by atoms with van der Waals surface area (Å²) >= 11 is 1.69. The Balaban J connectivity index is 1.66. The van der Waals surface area contributed by atoms with Crippen LogP contribution in [0.25, 0.3) is 17.1 Å². The Kier molecular flexibility index (Phi) is 8.08. The van der Waals surface area contributed by atoms with Gasteiger partial charge in [0.2, 0.25) is 5.91 Å². The number of aromatic nitrogens is 3. The molecule has 0 saturated carbocycles. The van der Waals surface area contributed by atoms with Gasteiger partial charge in [-0.1, -0.05) is 73.6 Å². The van der Waals surface area contributed by atoms with Crippen molar-refractivity contribution in [2.24, 2.45) is 5.92 Å². The fourth-order valence-corrected chi connectivity index (χ4v) is 3.97. The predicted molar refractivity (Wildman–Crippen MR) is 124 cm³/mol. The molecule has 0 atom stereocenters. The molecule has 5 nitrogen and oxygen atoms in total. The Bertz CT molecular complexity index is 936. The van der Waals surface area contributed by atoms with Crippen LogP contribution < -0.4 is 5.32 Å². The molecule has 0 fully saturated rings. The average molecular weight is 423 g/mol. The molecule has 0 bridgehead atoms. The van der Waals surface area contributed by atoms with Crippen LogP contribution in [-0.2, 0) is 4.79 Å². The van der Waals surface area contributed by atoms with Crippen molar-refractivity contribution in [3.05, 3.63) is 60.2 Å². The number of unbranched alkanes of at least 4 members (excludes halogenated alkanes) is 1. The molecular weight excluding hydrogens is 392 g/mol. The number of nitrogens with zero attached hydrogens (tertiary/aromatic N) is 3. The van der Waals surface area contributed by atoms with Crippen LogP contribution in [0.1, 0.15) is 38.7 Å². The van der Waals surface area contributed by atoms with Crippen LogP contribution in [0.3, 0.4) is 0 Å². The molecule has 0 aliphatic heterocycles. The fourth-order valence-electron chi connectivity index (χ4n) is 3.02. The molecule has 1 aromatic heterocycles. The zero-order chi connectivity index (χ0) is 21.3. The lowest BCUT2D eigenvalue weighted by Gasteiger charge is -2.11. The highest BCUT2D eigenvalue weighted by Crippen LogP contribution is 2.28. The molecule has 1 heterocycles. The Hall–Kier alpha value is -2.60. The lowest BCUT2D eigenvalue weighted by atomic mass is 10.2. The molecule has 3 aromatic rings. The van der Waals surface area contributed by atoms with Crippen molar-refractivity contribution in [1.82, 2.24) is 20.1 Å². The molecule has 0 aliphatic rings. The van der Waals surface area contributed by atoms with Gasteiger partial charge >= 0.3 is 0 Å². The standard InChI is InChI=1S/C24H30N4OS/c1-18(2)17-25-22(29)11-7-8-16-30-24-27-26-23(20-9-5-4-6-10-20)28(24)21-14-12-19(3)13-15-21/h4-6,9-10,12-15,18H,7-8,11,16-17H2,1-3H3,(H,25,29). The van der Waals surface area contributed by atoms with Gasteiger partial charge in [0.15, 0.2) is 11.0 Å². The number of benzene rings is 2. The molecule has 1 N–H and O–H groups in total. The van der Waals surface area contributed by atoms with Crippen LogP contribution in [0.15, 0.2) is 59.8 Å². The molecule has 0 radical (unpaired) electrons. The maximum absolute atomic E-state index is 11.9. The van der Waals surface area contributed by atoms with Gasteiger partial charge in [-0.15, -0.1) is 10.2 Å². The van der Waals surface area contributed by atoms with Gasteiger partial charge in [0.1, 0.15) is 0 Å². The predicted octanol–water partition coefficient (Wildman–Crippen LogP) is 5.28. The van der Waals surface area contributed by atoms with Gasteiger partial charge < -0.3 is 5.32 Å². The van der Waals surface area contributed by atoms with E-state index in [9.17, 15) is 4.79 Å². The second kappa shape index (κ2) is 11.0. The van der Waals surface area contributed by atoms with E-state index in [1.807, 2.05) is 18.2 Å². The Morgan fingerprint density at radius 3 is 2.47 bits per heavy atom. The quantitative estimate of drug-likeness (QED) is 0.357. The molecular formula is C24H30N4OS. The van der Waals surface area contributed by atoms with Crippen molar-refractivity contribution in [3.63, 3.8) is 0 Å². The van der Waals surface area contributed by atoms with Crippen LogP contribution in [0.2, 0.25) is 0 Å². The van der Waals surface area contributed by atoms with Gasteiger partial charge in [-0.25, -0.2) is 0 Å². The minimum atomic E-state index is 0.142. The van der Waals surface area contributed by atoms with Crippen LogP contribution >= 0.6 is 11.8 Å². The van der Waals surface area contributed by atoms with E-state index in [2.05, 4.69) is 77.3 Å². The smallest absolute Gasteiger partial charge is 0.220 e. The van der Waals surface area contributed by atoms with Crippen molar-refractivity contribution >= 4 is 17.7 Å². The highest BCUT2D eigenvalue weighted by Gasteiger charge is 2.16. The topological polar surface area (TPSA) is 59.8 Å². The summed E-state index contributed by atoms with van der Waals surface area (Å²) in [7, 11) is 0. The lowest BCUT2D eigenvalue weighted by molar-refractivity contribution is -0.121. The number of carbonyl (C=O) groups excluding carboxylic acids is 1. The van der Waals surface area contributed by atoms with Crippen molar-refractivity contribution in [2.75, 3.05) is 12.3 Å². The second-order valence-electron chi connectivity index (χ2n) is 7.85. The van der Waals surface area contributed by atoms with Gasteiger partial charge in [0.25, 0.3) is 0 Å². The van der Waals surface area contributed by atoms with Gasteiger partial charge in [-0.3, -0.25) is 9.36 Å². The zero-order valence-corrected chi connectivity index (χ0v) is 18.8. The highest BCUT2D eigenvalue weighted by molar-refractivity contribution is 7.99. The summed E-state index contributed by atoms with van der Waals surface area (Å²) in [6, 6.07) is 18.6. The first-order chi connectivity index (χ1) is 14.5. The Morgan fingerprint density at radius 1 is 1.03 bits per heavy atom. The van der Waals surface area contributed by atoms with Crippen molar-refractivity contribution < 1.29 is 4.79 Å². The monoisotopic (exact) mass is 422 g/mol. The maximum atomic E-state index is 11.9. The first-order valence-electron chi connectivity index (χ1n) is 10.5. The minimum Gasteiger partial charge on any atom is -0.356 e. The summed E-state index contributed by atoms with van der Waals surface area (Å²) in [5.41, 5.74) is 3.32. The maximum Gasteiger partial charge on any atom is 0.220 e. The summed E-state index contributed by atoms with van der Waals surface area (Å²) in [5, 5.41) is 12.8. The Morgan fingerprint density at radius 2 is 1.77 bits per heavy atom. The number of hydrogen-bond acceptors (Lipinski definition) is 4. The summed E-state index contributed by atoms with van der Waals surface area (Å²) in [6.07, 6.45) is 2.41. The Labute approximate surface area is 183 Å². The van der Waals surface area contributed by atoms with E-state index in [1.54, 1.807) is 11.8 Å². The van der Waals surface area contributed by atoms with Crippen molar-refractivity contribution in [3.8, 4) is 17.1 Å². The lowest BCUT2D eigenvalue weighted by Crippen LogP contribution is -2.26. The summed E-state index contributed by atoms with van der Waals surface area (Å²) in [5.74, 6) is 2.37. The fraction of sp³-hybridized carbons (Fsp3) is 0.375. The SMILES string of the molecule is Cc1ccc(-n2c(SCCCCC(=O)NCC(C)C)nnc2-c2ccccc2)cc1. The van der Waals surface area contributed by atoms with E-state index in [0.29, 0.717) is 12.3 Å². The van der Waals surface area contributed by atoms with Crippen molar-refractivity contribution in [2.45, 2.75) is 45.2 Å². The van der Waals surface area contributed by atoms with Gasteiger partial charge in [-0.05, 0) is 37.8 Å². The zero-order valence-electron chi connectivity index (χ0n) is 18.0. The third kappa shape index (κ3) is 6.20. The molecule has 0 unspecified atom stereocenters. The largest absolute Gasteiger partial charge is 0.356 e. The third-order valence-corrected chi connectivity index (χ3v) is 5.71. The number of rotatable bonds is 10. The second-order valence-corrected chi connectivity index (χ2v) is 8.91. The summed E-state index contributed by atoms with van der Waals surface area (Å²) < 4.78 is 2.12.